The quantitative estimate of drug-likeness (QED) is 0.916. The lowest BCUT2D eigenvalue weighted by Gasteiger charge is -2.18. The van der Waals surface area contributed by atoms with Crippen molar-refractivity contribution in [1.82, 2.24) is 9.88 Å². The summed E-state index contributed by atoms with van der Waals surface area (Å²) in [4.78, 5) is 24.1. The average Bonchev–Trinajstić information content (AvgIpc) is 2.52. The van der Waals surface area contributed by atoms with E-state index in [4.69, 9.17) is 4.74 Å². The van der Waals surface area contributed by atoms with E-state index >= 15 is 0 Å². The first kappa shape index (κ1) is 16.0. The van der Waals surface area contributed by atoms with Crippen LogP contribution in [0.1, 0.15) is 27.6 Å². The molecule has 5 heteroatoms. The lowest BCUT2D eigenvalue weighted by molar-refractivity contribution is 0.0824. The van der Waals surface area contributed by atoms with Crippen LogP contribution in [0.2, 0.25) is 0 Å². The summed E-state index contributed by atoms with van der Waals surface area (Å²) in [7, 11) is 3.22. The highest BCUT2D eigenvalue weighted by Crippen LogP contribution is 2.19. The molecule has 0 saturated carbocycles. The van der Waals surface area contributed by atoms with E-state index < -0.39 is 5.91 Å². The monoisotopic (exact) mass is 300 g/mol. The third-order valence-corrected chi connectivity index (χ3v) is 3.64. The van der Waals surface area contributed by atoms with Crippen molar-refractivity contribution in [3.63, 3.8) is 0 Å². The van der Waals surface area contributed by atoms with Crippen LogP contribution in [-0.4, -0.2) is 24.1 Å². The van der Waals surface area contributed by atoms with Gasteiger partial charge in [0.1, 0.15) is 5.56 Å². The summed E-state index contributed by atoms with van der Waals surface area (Å²) >= 11 is 0. The van der Waals surface area contributed by atoms with Crippen molar-refractivity contribution in [3.8, 4) is 0 Å². The minimum Gasteiger partial charge on any atom is -0.375 e. The summed E-state index contributed by atoms with van der Waals surface area (Å²) < 4.78 is 6.84. The van der Waals surface area contributed by atoms with E-state index in [-0.39, 0.29) is 17.2 Å². The van der Waals surface area contributed by atoms with E-state index in [0.29, 0.717) is 6.54 Å². The van der Waals surface area contributed by atoms with E-state index in [9.17, 15) is 9.59 Å². The van der Waals surface area contributed by atoms with Crippen LogP contribution in [-0.2, 0) is 11.8 Å². The maximum atomic E-state index is 12.2. The number of carbonyl (C=O) groups is 1. The van der Waals surface area contributed by atoms with Crippen molar-refractivity contribution in [2.45, 2.75) is 13.0 Å². The third kappa shape index (κ3) is 3.43. The van der Waals surface area contributed by atoms with E-state index in [2.05, 4.69) is 5.32 Å². The Morgan fingerprint density at radius 1 is 1.27 bits per heavy atom. The van der Waals surface area contributed by atoms with Gasteiger partial charge in [-0.1, -0.05) is 24.3 Å². The van der Waals surface area contributed by atoms with Crippen LogP contribution >= 0.6 is 0 Å². The van der Waals surface area contributed by atoms with Gasteiger partial charge in [-0.2, -0.15) is 0 Å². The predicted octanol–water partition coefficient (Wildman–Crippen LogP) is 1.81. The van der Waals surface area contributed by atoms with Crippen LogP contribution in [0.3, 0.4) is 0 Å². The molecule has 0 spiro atoms. The van der Waals surface area contributed by atoms with Gasteiger partial charge in [-0.05, 0) is 30.2 Å². The molecule has 1 N–H and O–H groups in total. The number of rotatable bonds is 5. The van der Waals surface area contributed by atoms with Gasteiger partial charge in [0.2, 0.25) is 0 Å². The number of nitrogens with one attached hydrogen (secondary N) is 1. The first-order chi connectivity index (χ1) is 10.5. The lowest BCUT2D eigenvalue weighted by Crippen LogP contribution is -2.34. The number of hydrogen-bond acceptors (Lipinski definition) is 3. The number of pyridine rings is 1. The fraction of sp³-hybridized carbons (Fsp3) is 0.294. The smallest absolute Gasteiger partial charge is 0.263 e. The molecule has 1 amide bonds. The summed E-state index contributed by atoms with van der Waals surface area (Å²) in [5, 5.41) is 2.77. The SMILES string of the molecule is COC(CNC(=O)c1cccn(C)c1=O)c1ccccc1C. The molecule has 116 valence electrons. The van der Waals surface area contributed by atoms with Gasteiger partial charge in [-0.15, -0.1) is 0 Å². The zero-order valence-corrected chi connectivity index (χ0v) is 13.0. The van der Waals surface area contributed by atoms with Gasteiger partial charge in [0, 0.05) is 26.9 Å². The van der Waals surface area contributed by atoms with E-state index in [1.165, 1.54) is 10.6 Å². The highest BCUT2D eigenvalue weighted by atomic mass is 16.5. The normalized spacial score (nSPS) is 12.0. The summed E-state index contributed by atoms with van der Waals surface area (Å²) in [6.45, 7) is 2.30. The molecular weight excluding hydrogens is 280 g/mol. The van der Waals surface area contributed by atoms with Crippen molar-refractivity contribution >= 4 is 5.91 Å². The molecule has 1 heterocycles. The van der Waals surface area contributed by atoms with Crippen LogP contribution in [0.5, 0.6) is 0 Å². The molecule has 1 aromatic heterocycles. The molecule has 2 aromatic rings. The Bertz CT molecular complexity index is 722. The van der Waals surface area contributed by atoms with Gasteiger partial charge in [0.05, 0.1) is 6.10 Å². The van der Waals surface area contributed by atoms with Crippen molar-refractivity contribution in [2.24, 2.45) is 7.05 Å². The van der Waals surface area contributed by atoms with Crippen LogP contribution in [0.15, 0.2) is 47.4 Å². The Balaban J connectivity index is 2.11. The van der Waals surface area contributed by atoms with Crippen molar-refractivity contribution in [3.05, 3.63) is 69.6 Å². The minimum atomic E-state index is -0.392. The van der Waals surface area contributed by atoms with Crippen LogP contribution in [0.4, 0.5) is 0 Å². The van der Waals surface area contributed by atoms with Crippen LogP contribution in [0.25, 0.3) is 0 Å². The first-order valence-corrected chi connectivity index (χ1v) is 7.06. The lowest BCUT2D eigenvalue weighted by atomic mass is 10.0. The topological polar surface area (TPSA) is 60.3 Å². The highest BCUT2D eigenvalue weighted by Gasteiger charge is 2.16. The molecule has 0 aliphatic carbocycles. The molecule has 0 fully saturated rings. The van der Waals surface area contributed by atoms with E-state index in [0.717, 1.165) is 11.1 Å². The number of carbonyl (C=O) groups excluding carboxylic acids is 1. The number of methoxy groups -OCH3 is 1. The summed E-state index contributed by atoms with van der Waals surface area (Å²) in [5.41, 5.74) is 1.93. The van der Waals surface area contributed by atoms with Crippen molar-refractivity contribution < 1.29 is 9.53 Å². The number of nitrogens with zero attached hydrogens (tertiary/aromatic N) is 1. The molecule has 1 unspecified atom stereocenters. The van der Waals surface area contributed by atoms with Gasteiger partial charge in [-0.25, -0.2) is 0 Å². The molecule has 0 aliphatic rings. The van der Waals surface area contributed by atoms with Gasteiger partial charge in [0.25, 0.3) is 11.5 Å². The van der Waals surface area contributed by atoms with Crippen molar-refractivity contribution in [1.29, 1.82) is 0 Å². The fourth-order valence-corrected chi connectivity index (χ4v) is 2.32. The second-order valence-corrected chi connectivity index (χ2v) is 5.13. The Morgan fingerprint density at radius 2 is 2.00 bits per heavy atom. The zero-order valence-electron chi connectivity index (χ0n) is 13.0. The molecule has 1 aromatic carbocycles. The molecule has 0 radical (unpaired) electrons. The third-order valence-electron chi connectivity index (χ3n) is 3.64. The summed E-state index contributed by atoms with van der Waals surface area (Å²) in [5.74, 6) is -0.392. The largest absolute Gasteiger partial charge is 0.375 e. The minimum absolute atomic E-state index is 0.129. The molecule has 5 nitrogen and oxygen atoms in total. The maximum Gasteiger partial charge on any atom is 0.263 e. The standard InChI is InChI=1S/C17H20N2O3/c1-12-7-4-5-8-13(12)15(22-3)11-18-16(20)14-9-6-10-19(2)17(14)21/h4-10,15H,11H2,1-3H3,(H,18,20). The number of aromatic nitrogens is 1. The number of aryl methyl sites for hydroxylation is 2. The number of ether oxygens (including phenoxy) is 1. The first-order valence-electron chi connectivity index (χ1n) is 7.06. The maximum absolute atomic E-state index is 12.2. The van der Waals surface area contributed by atoms with Gasteiger partial charge < -0.3 is 14.6 Å². The molecular formula is C17H20N2O3. The molecule has 0 aliphatic heterocycles. The van der Waals surface area contributed by atoms with Gasteiger partial charge in [0.15, 0.2) is 0 Å². The predicted molar refractivity (Wildman–Crippen MR) is 84.9 cm³/mol. The van der Waals surface area contributed by atoms with Crippen LogP contribution < -0.4 is 10.9 Å². The second-order valence-electron chi connectivity index (χ2n) is 5.13. The Hall–Kier alpha value is -2.40. The second kappa shape index (κ2) is 7.04. The number of amides is 1. The molecule has 0 bridgehead atoms. The van der Waals surface area contributed by atoms with Gasteiger partial charge >= 0.3 is 0 Å². The summed E-state index contributed by atoms with van der Waals surface area (Å²) in [6, 6.07) is 11.0. The molecule has 22 heavy (non-hydrogen) atoms. The Morgan fingerprint density at radius 3 is 2.68 bits per heavy atom. The molecule has 1 atom stereocenters. The summed E-state index contributed by atoms with van der Waals surface area (Å²) in [6.07, 6.45) is 1.36. The Kier molecular flexibility index (Phi) is 5.12. The Labute approximate surface area is 129 Å². The average molecular weight is 300 g/mol. The van der Waals surface area contributed by atoms with E-state index in [1.54, 1.807) is 26.4 Å². The van der Waals surface area contributed by atoms with Crippen molar-refractivity contribution in [2.75, 3.05) is 13.7 Å². The van der Waals surface area contributed by atoms with Gasteiger partial charge in [-0.3, -0.25) is 9.59 Å². The molecule has 2 rings (SSSR count). The zero-order chi connectivity index (χ0) is 16.1. The highest BCUT2D eigenvalue weighted by molar-refractivity contribution is 5.93. The number of hydrogen-bond donors (Lipinski definition) is 1. The molecule has 0 saturated heterocycles. The van der Waals surface area contributed by atoms with E-state index in [1.807, 2.05) is 31.2 Å². The number of benzene rings is 1. The fourth-order valence-electron chi connectivity index (χ4n) is 2.32. The van der Waals surface area contributed by atoms with Crippen LogP contribution in [0, 0.1) is 6.92 Å².